The van der Waals surface area contributed by atoms with E-state index in [-0.39, 0.29) is 23.9 Å². The fourth-order valence-corrected chi connectivity index (χ4v) is 0.985. The van der Waals surface area contributed by atoms with Crippen LogP contribution in [-0.2, 0) is 14.3 Å². The molecule has 0 bridgehead atoms. The first kappa shape index (κ1) is 9.64. The van der Waals surface area contributed by atoms with Crippen LogP contribution in [0.2, 0.25) is 0 Å². The minimum absolute atomic E-state index is 0.0388. The topological polar surface area (TPSA) is 55.7 Å². The minimum Gasteiger partial charge on any atom is -0.462 e. The van der Waals surface area contributed by atoms with E-state index < -0.39 is 5.97 Å². The number of carbonyl (C=O) groups excluding carboxylic acids is 2. The highest BCUT2D eigenvalue weighted by Gasteiger charge is 2.25. The van der Waals surface area contributed by atoms with Gasteiger partial charge in [0, 0.05) is 12.4 Å². The first-order valence-corrected chi connectivity index (χ1v) is 4.11. The van der Waals surface area contributed by atoms with Crippen LogP contribution in [0.25, 0.3) is 0 Å². The van der Waals surface area contributed by atoms with Gasteiger partial charge in [-0.1, -0.05) is 6.92 Å². The van der Waals surface area contributed by atoms with Gasteiger partial charge in [-0.25, -0.2) is 4.79 Å². The molecule has 0 saturated carbocycles. The van der Waals surface area contributed by atoms with Gasteiger partial charge < -0.3 is 4.74 Å². The Morgan fingerprint density at radius 1 is 1.69 bits per heavy atom. The zero-order chi connectivity index (χ0) is 9.84. The zero-order valence-electron chi connectivity index (χ0n) is 7.61. The molecule has 0 aromatic carbocycles. The molecular formula is C9H11NO3. The molecule has 1 unspecified atom stereocenters. The molecule has 1 rings (SSSR count). The largest absolute Gasteiger partial charge is 0.462 e. The summed E-state index contributed by atoms with van der Waals surface area (Å²) < 4.78 is 4.70. The van der Waals surface area contributed by atoms with E-state index in [1.54, 1.807) is 13.8 Å². The summed E-state index contributed by atoms with van der Waals surface area (Å²) in [6, 6.07) is 0. The van der Waals surface area contributed by atoms with Crippen LogP contribution in [-0.4, -0.2) is 24.6 Å². The first-order chi connectivity index (χ1) is 6.16. The van der Waals surface area contributed by atoms with Gasteiger partial charge in [-0.3, -0.25) is 9.79 Å². The molecular weight excluding hydrogens is 170 g/mol. The maximum absolute atomic E-state index is 11.4. The Bertz CT molecular complexity index is 291. The normalized spacial score (nSPS) is 21.2. The third-order valence-electron chi connectivity index (χ3n) is 1.69. The Kier molecular flexibility index (Phi) is 2.95. The Hall–Kier alpha value is -1.45. The van der Waals surface area contributed by atoms with Crippen LogP contribution in [0, 0.1) is 5.92 Å². The predicted molar refractivity (Wildman–Crippen MR) is 47.4 cm³/mol. The summed E-state index contributed by atoms with van der Waals surface area (Å²) >= 11 is 0. The van der Waals surface area contributed by atoms with Gasteiger partial charge in [-0.2, -0.15) is 0 Å². The van der Waals surface area contributed by atoms with Crippen LogP contribution in [0.3, 0.4) is 0 Å². The number of Topliss-reactive ketones (excluding diaryl/α,β-unsaturated/α-hetero) is 1. The van der Waals surface area contributed by atoms with E-state index in [1.807, 2.05) is 0 Å². The molecule has 0 N–H and O–H groups in total. The number of nitrogens with zero attached hydrogens (tertiary/aromatic N) is 1. The summed E-state index contributed by atoms with van der Waals surface area (Å²) in [5.41, 5.74) is 0.0388. The maximum atomic E-state index is 11.4. The second kappa shape index (κ2) is 3.98. The highest BCUT2D eigenvalue weighted by Crippen LogP contribution is 2.11. The van der Waals surface area contributed by atoms with Crippen molar-refractivity contribution < 1.29 is 14.3 Å². The average Bonchev–Trinajstić information content (AvgIpc) is 2.10. The van der Waals surface area contributed by atoms with Crippen LogP contribution < -0.4 is 0 Å². The molecule has 1 aliphatic heterocycles. The molecule has 0 aromatic heterocycles. The summed E-state index contributed by atoms with van der Waals surface area (Å²) in [5, 5.41) is 0. The van der Waals surface area contributed by atoms with Crippen molar-refractivity contribution in [3.05, 3.63) is 11.8 Å². The van der Waals surface area contributed by atoms with Gasteiger partial charge in [-0.15, -0.1) is 0 Å². The lowest BCUT2D eigenvalue weighted by Crippen LogP contribution is -2.24. The van der Waals surface area contributed by atoms with Gasteiger partial charge in [0.1, 0.15) is 5.57 Å². The minimum atomic E-state index is -0.587. The van der Waals surface area contributed by atoms with Crippen molar-refractivity contribution in [3.8, 4) is 0 Å². The number of esters is 1. The van der Waals surface area contributed by atoms with Crippen molar-refractivity contribution in [2.24, 2.45) is 10.9 Å². The van der Waals surface area contributed by atoms with E-state index in [0.717, 1.165) is 0 Å². The number of ether oxygens (including phenoxy) is 1. The Morgan fingerprint density at radius 2 is 2.38 bits per heavy atom. The van der Waals surface area contributed by atoms with E-state index in [4.69, 9.17) is 4.74 Å². The van der Waals surface area contributed by atoms with E-state index >= 15 is 0 Å². The van der Waals surface area contributed by atoms with E-state index in [9.17, 15) is 9.59 Å². The van der Waals surface area contributed by atoms with Gasteiger partial charge in [0.05, 0.1) is 12.5 Å². The van der Waals surface area contributed by atoms with Crippen LogP contribution in [0.5, 0.6) is 0 Å². The lowest BCUT2D eigenvalue weighted by Gasteiger charge is -2.10. The number of hydrogen-bond acceptors (Lipinski definition) is 4. The van der Waals surface area contributed by atoms with Crippen molar-refractivity contribution >= 4 is 18.0 Å². The lowest BCUT2D eigenvalue weighted by atomic mass is 9.99. The summed E-state index contributed by atoms with van der Waals surface area (Å²) in [6.07, 6.45) is 2.76. The molecule has 0 amide bonds. The monoisotopic (exact) mass is 181 g/mol. The van der Waals surface area contributed by atoms with Gasteiger partial charge in [0.15, 0.2) is 5.78 Å². The molecule has 13 heavy (non-hydrogen) atoms. The van der Waals surface area contributed by atoms with Crippen molar-refractivity contribution in [2.45, 2.75) is 13.8 Å². The van der Waals surface area contributed by atoms with Crippen molar-refractivity contribution in [1.29, 1.82) is 0 Å². The molecule has 1 heterocycles. The second-order valence-corrected chi connectivity index (χ2v) is 2.71. The summed E-state index contributed by atoms with van der Waals surface area (Å²) in [6.45, 7) is 3.65. The molecule has 0 aliphatic carbocycles. The zero-order valence-corrected chi connectivity index (χ0v) is 7.61. The molecule has 0 saturated heterocycles. The summed E-state index contributed by atoms with van der Waals surface area (Å²) in [7, 11) is 0. The summed E-state index contributed by atoms with van der Waals surface area (Å²) in [5.74, 6) is -1.14. The molecule has 1 aliphatic rings. The molecule has 0 spiro atoms. The number of carbonyl (C=O) groups is 2. The molecule has 70 valence electrons. The van der Waals surface area contributed by atoms with Crippen LogP contribution in [0.15, 0.2) is 16.8 Å². The fourth-order valence-electron chi connectivity index (χ4n) is 0.985. The molecule has 0 radical (unpaired) electrons. The molecule has 0 aromatic rings. The standard InChI is InChI=1S/C9H11NO3/c1-3-13-9(12)7-5-10-4-6(2)8(7)11/h4-6H,3H2,1-2H3. The Labute approximate surface area is 76.3 Å². The lowest BCUT2D eigenvalue weighted by molar-refractivity contribution is -0.140. The third kappa shape index (κ3) is 2.02. The SMILES string of the molecule is CCOC(=O)C1=CN=CC(C)C1=O. The Balaban J connectivity index is 2.79. The van der Waals surface area contributed by atoms with Gasteiger partial charge in [-0.05, 0) is 6.92 Å². The quantitative estimate of drug-likeness (QED) is 0.466. The van der Waals surface area contributed by atoms with Gasteiger partial charge in [0.2, 0.25) is 0 Å². The van der Waals surface area contributed by atoms with Crippen LogP contribution in [0.1, 0.15) is 13.8 Å². The van der Waals surface area contributed by atoms with Crippen molar-refractivity contribution in [1.82, 2.24) is 0 Å². The highest BCUT2D eigenvalue weighted by molar-refractivity contribution is 6.22. The number of hydrogen-bond donors (Lipinski definition) is 0. The average molecular weight is 181 g/mol. The molecule has 0 fully saturated rings. The fraction of sp³-hybridized carbons (Fsp3) is 0.444. The number of ketones is 1. The van der Waals surface area contributed by atoms with E-state index in [1.165, 1.54) is 12.4 Å². The van der Waals surface area contributed by atoms with E-state index in [2.05, 4.69) is 4.99 Å². The van der Waals surface area contributed by atoms with Gasteiger partial charge in [0.25, 0.3) is 0 Å². The number of rotatable bonds is 2. The van der Waals surface area contributed by atoms with E-state index in [0.29, 0.717) is 0 Å². The molecule has 4 nitrogen and oxygen atoms in total. The summed E-state index contributed by atoms with van der Waals surface area (Å²) in [4.78, 5) is 26.3. The van der Waals surface area contributed by atoms with Gasteiger partial charge >= 0.3 is 5.97 Å². The highest BCUT2D eigenvalue weighted by atomic mass is 16.5. The smallest absolute Gasteiger partial charge is 0.343 e. The third-order valence-corrected chi connectivity index (χ3v) is 1.69. The number of aliphatic imine (C=N–C) groups is 1. The Morgan fingerprint density at radius 3 is 3.00 bits per heavy atom. The second-order valence-electron chi connectivity index (χ2n) is 2.71. The van der Waals surface area contributed by atoms with Crippen molar-refractivity contribution in [2.75, 3.05) is 6.61 Å². The van der Waals surface area contributed by atoms with Crippen LogP contribution >= 0.6 is 0 Å². The molecule has 4 heteroatoms. The molecule has 1 atom stereocenters. The first-order valence-electron chi connectivity index (χ1n) is 4.11. The predicted octanol–water partition coefficient (Wildman–Crippen LogP) is 0.723. The maximum Gasteiger partial charge on any atom is 0.343 e. The van der Waals surface area contributed by atoms with Crippen LogP contribution in [0.4, 0.5) is 0 Å². The van der Waals surface area contributed by atoms with Crippen molar-refractivity contribution in [3.63, 3.8) is 0 Å².